The first kappa shape index (κ1) is 25.7. The van der Waals surface area contributed by atoms with E-state index in [9.17, 15) is 18.0 Å². The van der Waals surface area contributed by atoms with E-state index in [1.54, 1.807) is 29.2 Å². The number of rotatable bonds is 7. The molecule has 34 heavy (non-hydrogen) atoms. The number of piperazine rings is 1. The summed E-state index contributed by atoms with van der Waals surface area (Å²) in [4.78, 5) is 27.2. The van der Waals surface area contributed by atoms with Crippen molar-refractivity contribution in [3.8, 4) is 5.75 Å². The summed E-state index contributed by atoms with van der Waals surface area (Å²) < 4.78 is 33.8. The lowest BCUT2D eigenvalue weighted by molar-refractivity contribution is -0.131. The number of hydrogen-bond acceptors (Lipinski definition) is 5. The van der Waals surface area contributed by atoms with Gasteiger partial charge in [-0.05, 0) is 69.0 Å². The Labute approximate surface area is 201 Å². The lowest BCUT2D eigenvalue weighted by atomic mass is 10.0. The van der Waals surface area contributed by atoms with E-state index < -0.39 is 10.0 Å². The Balaban J connectivity index is 1.62. The van der Waals surface area contributed by atoms with Gasteiger partial charge in [0.2, 0.25) is 15.9 Å². The summed E-state index contributed by atoms with van der Waals surface area (Å²) in [5.41, 5.74) is 3.77. The fourth-order valence-electron chi connectivity index (χ4n) is 4.17. The molecule has 0 radical (unpaired) electrons. The Kier molecular flexibility index (Phi) is 7.99. The first-order valence-electron chi connectivity index (χ1n) is 11.4. The van der Waals surface area contributed by atoms with Crippen molar-refractivity contribution >= 4 is 21.8 Å². The van der Waals surface area contributed by atoms with E-state index >= 15 is 0 Å². The number of amides is 2. The van der Waals surface area contributed by atoms with Crippen molar-refractivity contribution in [3.63, 3.8) is 0 Å². The van der Waals surface area contributed by atoms with E-state index in [2.05, 4.69) is 5.32 Å². The third kappa shape index (κ3) is 5.26. The quantitative estimate of drug-likeness (QED) is 0.648. The van der Waals surface area contributed by atoms with Gasteiger partial charge < -0.3 is 15.0 Å². The Morgan fingerprint density at radius 3 is 2.15 bits per heavy atom. The number of nitrogens with one attached hydrogen (secondary N) is 1. The molecule has 1 N–H and O–H groups in total. The molecular formula is C25H33N3O5S. The molecule has 9 heteroatoms. The fourth-order valence-corrected chi connectivity index (χ4v) is 6.17. The second kappa shape index (κ2) is 10.6. The highest BCUT2D eigenvalue weighted by Gasteiger charge is 2.33. The van der Waals surface area contributed by atoms with E-state index in [0.29, 0.717) is 22.8 Å². The van der Waals surface area contributed by atoms with Gasteiger partial charge in [0.15, 0.2) is 0 Å². The summed E-state index contributed by atoms with van der Waals surface area (Å²) in [6, 6.07) is 8.87. The Morgan fingerprint density at radius 2 is 1.56 bits per heavy atom. The number of benzene rings is 2. The molecule has 3 rings (SSSR count). The van der Waals surface area contributed by atoms with E-state index in [1.165, 1.54) is 4.31 Å². The molecule has 2 aromatic rings. The van der Waals surface area contributed by atoms with Crippen LogP contribution in [0, 0.1) is 27.7 Å². The molecule has 0 aromatic heterocycles. The predicted octanol–water partition coefficient (Wildman–Crippen LogP) is 2.58. The van der Waals surface area contributed by atoms with Crippen LogP contribution in [-0.2, 0) is 14.8 Å². The fraction of sp³-hybridized carbons (Fsp3) is 0.440. The van der Waals surface area contributed by atoms with Crippen molar-refractivity contribution in [1.29, 1.82) is 0 Å². The van der Waals surface area contributed by atoms with Crippen LogP contribution < -0.4 is 10.1 Å². The molecule has 0 atom stereocenters. The van der Waals surface area contributed by atoms with Crippen molar-refractivity contribution in [1.82, 2.24) is 14.5 Å². The van der Waals surface area contributed by atoms with Gasteiger partial charge in [0.25, 0.3) is 5.91 Å². The smallest absolute Gasteiger partial charge is 0.255 e. The normalized spacial score (nSPS) is 14.7. The molecule has 8 nitrogen and oxygen atoms in total. The van der Waals surface area contributed by atoms with Gasteiger partial charge in [-0.3, -0.25) is 9.59 Å². The van der Waals surface area contributed by atoms with Crippen LogP contribution in [0.4, 0.5) is 0 Å². The number of carbonyl (C=O) groups excluding carboxylic acids is 2. The number of sulfonamides is 1. The number of nitrogens with zero attached hydrogens (tertiary/aromatic N) is 2. The standard InChI is InChI=1S/C25H33N3O5S/c1-6-33-22-10-8-7-9-21(22)25(30)26-16-23(29)27-11-13-28(14-12-27)34(31,32)24-19(4)17(2)15-18(3)20(24)5/h7-10,15H,6,11-14,16H2,1-5H3,(H,26,30). The van der Waals surface area contributed by atoms with E-state index in [1.807, 2.05) is 40.7 Å². The van der Waals surface area contributed by atoms with Crippen molar-refractivity contribution in [2.45, 2.75) is 39.5 Å². The largest absolute Gasteiger partial charge is 0.493 e. The summed E-state index contributed by atoms with van der Waals surface area (Å²) in [7, 11) is -3.68. The average molecular weight is 488 g/mol. The van der Waals surface area contributed by atoms with Crippen molar-refractivity contribution in [2.75, 3.05) is 39.3 Å². The lowest BCUT2D eigenvalue weighted by Gasteiger charge is -2.34. The average Bonchev–Trinajstić information content (AvgIpc) is 2.81. The third-order valence-corrected chi connectivity index (χ3v) is 8.49. The van der Waals surface area contributed by atoms with Gasteiger partial charge in [-0.1, -0.05) is 18.2 Å². The zero-order valence-electron chi connectivity index (χ0n) is 20.5. The van der Waals surface area contributed by atoms with Crippen molar-refractivity contribution in [2.24, 2.45) is 0 Å². The molecule has 2 amide bonds. The van der Waals surface area contributed by atoms with Gasteiger partial charge in [0.05, 0.1) is 23.6 Å². The third-order valence-electron chi connectivity index (χ3n) is 6.32. The molecule has 0 unspecified atom stereocenters. The molecule has 0 spiro atoms. The minimum absolute atomic E-state index is 0.165. The Hall–Kier alpha value is -2.91. The Bertz CT molecular complexity index is 1160. The van der Waals surface area contributed by atoms with Gasteiger partial charge in [-0.15, -0.1) is 0 Å². The molecule has 2 aromatic carbocycles. The first-order chi connectivity index (χ1) is 16.1. The number of hydrogen-bond donors (Lipinski definition) is 1. The van der Waals surface area contributed by atoms with Crippen LogP contribution in [0.1, 0.15) is 39.5 Å². The van der Waals surface area contributed by atoms with Crippen molar-refractivity contribution in [3.05, 3.63) is 58.1 Å². The van der Waals surface area contributed by atoms with Gasteiger partial charge in [-0.2, -0.15) is 4.31 Å². The lowest BCUT2D eigenvalue weighted by Crippen LogP contribution is -2.52. The molecule has 0 saturated carbocycles. The summed E-state index contributed by atoms with van der Waals surface area (Å²) in [5, 5.41) is 2.65. The second-order valence-corrected chi connectivity index (χ2v) is 10.4. The van der Waals surface area contributed by atoms with Crippen molar-refractivity contribution < 1.29 is 22.7 Å². The zero-order valence-corrected chi connectivity index (χ0v) is 21.3. The predicted molar refractivity (Wildman–Crippen MR) is 131 cm³/mol. The molecule has 184 valence electrons. The highest BCUT2D eigenvalue weighted by Crippen LogP contribution is 2.29. The summed E-state index contributed by atoms with van der Waals surface area (Å²) in [5.74, 6) is -0.178. The maximum atomic E-state index is 13.4. The second-order valence-electron chi connectivity index (χ2n) is 8.49. The van der Waals surface area contributed by atoms with Gasteiger partial charge in [-0.25, -0.2) is 8.42 Å². The molecular weight excluding hydrogens is 454 g/mol. The number of ether oxygens (including phenoxy) is 1. The van der Waals surface area contributed by atoms with Crippen LogP contribution in [0.15, 0.2) is 35.2 Å². The molecule has 1 fully saturated rings. The molecule has 1 heterocycles. The molecule has 0 aliphatic carbocycles. The SMILES string of the molecule is CCOc1ccccc1C(=O)NCC(=O)N1CCN(S(=O)(=O)c2c(C)c(C)cc(C)c2C)CC1. The molecule has 1 saturated heterocycles. The maximum Gasteiger partial charge on any atom is 0.255 e. The van der Waals surface area contributed by atoms with Crippen LogP contribution in [-0.4, -0.2) is 68.8 Å². The minimum atomic E-state index is -3.68. The molecule has 1 aliphatic rings. The number of carbonyl (C=O) groups is 2. The van der Waals surface area contributed by atoms with Crippen LogP contribution in [0.3, 0.4) is 0 Å². The van der Waals surface area contributed by atoms with E-state index in [-0.39, 0.29) is 44.5 Å². The zero-order chi connectivity index (χ0) is 25.0. The van der Waals surface area contributed by atoms with E-state index in [0.717, 1.165) is 22.3 Å². The maximum absolute atomic E-state index is 13.4. The topological polar surface area (TPSA) is 96.0 Å². The summed E-state index contributed by atoms with van der Waals surface area (Å²) in [6.45, 7) is 10.6. The molecule has 1 aliphatic heterocycles. The molecule has 0 bridgehead atoms. The highest BCUT2D eigenvalue weighted by atomic mass is 32.2. The van der Waals surface area contributed by atoms with Gasteiger partial charge in [0, 0.05) is 26.2 Å². The monoisotopic (exact) mass is 487 g/mol. The highest BCUT2D eigenvalue weighted by molar-refractivity contribution is 7.89. The first-order valence-corrected chi connectivity index (χ1v) is 12.9. The summed E-state index contributed by atoms with van der Waals surface area (Å²) in [6.07, 6.45) is 0. The summed E-state index contributed by atoms with van der Waals surface area (Å²) >= 11 is 0. The minimum Gasteiger partial charge on any atom is -0.493 e. The van der Waals surface area contributed by atoms with Crippen LogP contribution in [0.25, 0.3) is 0 Å². The van der Waals surface area contributed by atoms with E-state index in [4.69, 9.17) is 4.74 Å². The number of aryl methyl sites for hydroxylation is 2. The van der Waals surface area contributed by atoms with Crippen LogP contribution >= 0.6 is 0 Å². The van der Waals surface area contributed by atoms with Gasteiger partial charge >= 0.3 is 0 Å². The number of para-hydroxylation sites is 1. The van der Waals surface area contributed by atoms with Crippen LogP contribution in [0.5, 0.6) is 5.75 Å². The van der Waals surface area contributed by atoms with Gasteiger partial charge in [0.1, 0.15) is 5.75 Å². The Morgan fingerprint density at radius 1 is 0.971 bits per heavy atom. The van der Waals surface area contributed by atoms with Crippen LogP contribution in [0.2, 0.25) is 0 Å².